The van der Waals surface area contributed by atoms with Crippen LogP contribution in [0.1, 0.15) is 70.1 Å². The quantitative estimate of drug-likeness (QED) is 0.180. The third kappa shape index (κ3) is 6.57. The molecule has 3 aromatic carbocycles. The molecule has 0 radical (unpaired) electrons. The Hall–Kier alpha value is -4.96. The minimum absolute atomic E-state index is 0.104. The molecule has 1 aliphatic carbocycles. The van der Waals surface area contributed by atoms with Gasteiger partial charge in [0.1, 0.15) is 11.4 Å². The van der Waals surface area contributed by atoms with Crippen molar-refractivity contribution in [3.8, 4) is 22.7 Å². The maximum absolute atomic E-state index is 14.3. The average molecular weight is 721 g/mol. The molecule has 5 aromatic rings. The van der Waals surface area contributed by atoms with Gasteiger partial charge in [-0.1, -0.05) is 53.2 Å². The number of benzene rings is 3. The van der Waals surface area contributed by atoms with Crippen molar-refractivity contribution in [3.05, 3.63) is 134 Å². The fourth-order valence-corrected chi connectivity index (χ4v) is 6.61. The third-order valence-corrected chi connectivity index (χ3v) is 10.1. The molecule has 2 aliphatic rings. The Labute approximate surface area is 293 Å². The Bertz CT molecular complexity index is 2120. The fraction of sp³-hybridized carbons (Fsp3) is 0.282. The second-order valence-corrected chi connectivity index (χ2v) is 13.6. The van der Waals surface area contributed by atoms with E-state index < -0.39 is 5.91 Å². The predicted molar refractivity (Wildman–Crippen MR) is 192 cm³/mol. The molecule has 1 atom stereocenters. The third-order valence-electron chi connectivity index (χ3n) is 9.25. The summed E-state index contributed by atoms with van der Waals surface area (Å²) in [6.45, 7) is 6.52. The van der Waals surface area contributed by atoms with Crippen LogP contribution in [0.15, 0.2) is 94.2 Å². The lowest BCUT2D eigenvalue weighted by Crippen LogP contribution is -2.47. The molecule has 7 rings (SSSR count). The van der Waals surface area contributed by atoms with Gasteiger partial charge in [0.15, 0.2) is 0 Å². The van der Waals surface area contributed by atoms with Crippen LogP contribution in [0.3, 0.4) is 0 Å². The lowest BCUT2D eigenvalue weighted by Gasteiger charge is -2.34. The monoisotopic (exact) mass is 719 g/mol. The number of nitrogens with zero attached hydrogens (tertiary/aromatic N) is 4. The number of halogens is 1. The van der Waals surface area contributed by atoms with Gasteiger partial charge in [-0.3, -0.25) is 23.7 Å². The van der Waals surface area contributed by atoms with Gasteiger partial charge >= 0.3 is 5.69 Å². The molecule has 1 aliphatic heterocycles. The molecule has 1 saturated carbocycles. The van der Waals surface area contributed by atoms with E-state index in [9.17, 15) is 14.4 Å². The highest BCUT2D eigenvalue weighted by atomic mass is 79.9. The van der Waals surface area contributed by atoms with Gasteiger partial charge in [0.25, 0.3) is 11.8 Å². The zero-order valence-corrected chi connectivity index (χ0v) is 29.4. The maximum Gasteiger partial charge on any atom is 0.333 e. The van der Waals surface area contributed by atoms with Crippen LogP contribution in [0.2, 0.25) is 0 Å². The van der Waals surface area contributed by atoms with Gasteiger partial charge in [-0.2, -0.15) is 0 Å². The molecular weight excluding hydrogens is 682 g/mol. The average Bonchev–Trinajstić information content (AvgIpc) is 3.90. The highest BCUT2D eigenvalue weighted by Crippen LogP contribution is 2.29. The summed E-state index contributed by atoms with van der Waals surface area (Å²) in [5, 5.41) is 3.10. The normalized spacial score (nSPS) is 15.5. The van der Waals surface area contributed by atoms with Crippen LogP contribution in [0.5, 0.6) is 5.75 Å². The molecule has 1 N–H and O–H groups in total. The standard InChI is InChI=1S/C39H38BrN5O4/c1-4-28-9-7-11-34(42-28)32-10-6-5-8-27(32)21-41-37(46)36-35-23-43(38(47)26-12-19-33(40)24(2)20-26)25(3)22-44(35)39(48)45(36)29-13-15-30(16-14-29)49-31-17-18-31/h5-16,19-20,25,31H,4,17-18,21-23H2,1-3H3,(H,41,46)/t25-/m0/s1. The summed E-state index contributed by atoms with van der Waals surface area (Å²) in [5.74, 6) is 0.163. The Kier molecular flexibility index (Phi) is 8.98. The smallest absolute Gasteiger partial charge is 0.333 e. The van der Waals surface area contributed by atoms with Crippen LogP contribution in [0, 0.1) is 6.92 Å². The zero-order chi connectivity index (χ0) is 34.2. The molecule has 9 nitrogen and oxygen atoms in total. The zero-order valence-electron chi connectivity index (χ0n) is 27.8. The van der Waals surface area contributed by atoms with E-state index in [0.29, 0.717) is 16.9 Å². The summed E-state index contributed by atoms with van der Waals surface area (Å²) >= 11 is 3.52. The van der Waals surface area contributed by atoms with E-state index in [0.717, 1.165) is 57.6 Å². The van der Waals surface area contributed by atoms with E-state index in [1.54, 1.807) is 27.7 Å². The molecule has 2 aromatic heterocycles. The maximum atomic E-state index is 14.3. The lowest BCUT2D eigenvalue weighted by atomic mass is 10.0. The van der Waals surface area contributed by atoms with E-state index in [2.05, 4.69) is 28.2 Å². The van der Waals surface area contributed by atoms with Gasteiger partial charge in [-0.25, -0.2) is 4.79 Å². The number of hydrogen-bond acceptors (Lipinski definition) is 5. The van der Waals surface area contributed by atoms with E-state index >= 15 is 0 Å². The number of carbonyl (C=O) groups is 2. The van der Waals surface area contributed by atoms with Crippen molar-refractivity contribution >= 4 is 27.7 Å². The van der Waals surface area contributed by atoms with Crippen LogP contribution in [-0.2, 0) is 26.1 Å². The SMILES string of the molecule is CCc1cccc(-c2ccccc2CNC(=O)c2c3n(c(=O)n2-c2ccc(OC4CC4)cc2)C[C@H](C)N(C(=O)c2ccc(Br)c(C)c2)C3)n1. The van der Waals surface area contributed by atoms with Crippen LogP contribution in [0.25, 0.3) is 16.9 Å². The molecule has 10 heteroatoms. The Morgan fingerprint density at radius 2 is 1.78 bits per heavy atom. The molecule has 1 fully saturated rings. The topological polar surface area (TPSA) is 98.5 Å². The van der Waals surface area contributed by atoms with Crippen molar-refractivity contribution in [2.75, 3.05) is 0 Å². The molecule has 250 valence electrons. The van der Waals surface area contributed by atoms with Crippen LogP contribution >= 0.6 is 15.9 Å². The molecule has 0 unspecified atom stereocenters. The number of nitrogens with one attached hydrogen (secondary N) is 1. The number of ether oxygens (including phenoxy) is 1. The van der Waals surface area contributed by atoms with Gasteiger partial charge in [0.2, 0.25) is 0 Å². The van der Waals surface area contributed by atoms with Crippen molar-refractivity contribution in [1.29, 1.82) is 0 Å². The minimum atomic E-state index is -0.407. The Morgan fingerprint density at radius 3 is 2.51 bits per heavy atom. The van der Waals surface area contributed by atoms with Gasteiger partial charge in [0.05, 0.1) is 29.7 Å². The molecule has 0 bridgehead atoms. The number of hydrogen-bond donors (Lipinski definition) is 1. The second kappa shape index (κ2) is 13.5. The van der Waals surface area contributed by atoms with Gasteiger partial charge in [-0.05, 0) is 98.8 Å². The van der Waals surface area contributed by atoms with E-state index in [-0.39, 0.29) is 49.1 Å². The van der Waals surface area contributed by atoms with Crippen molar-refractivity contribution in [2.24, 2.45) is 0 Å². The number of pyridine rings is 1. The Morgan fingerprint density at radius 1 is 1.00 bits per heavy atom. The minimum Gasteiger partial charge on any atom is -0.490 e. The highest BCUT2D eigenvalue weighted by Gasteiger charge is 2.35. The summed E-state index contributed by atoms with van der Waals surface area (Å²) in [6.07, 6.45) is 3.12. The first-order chi connectivity index (χ1) is 23.7. The van der Waals surface area contributed by atoms with Crippen molar-refractivity contribution in [2.45, 2.75) is 71.8 Å². The van der Waals surface area contributed by atoms with Crippen LogP contribution in [-0.4, -0.2) is 43.0 Å². The summed E-state index contributed by atoms with van der Waals surface area (Å²) in [6, 6.07) is 26.3. The first-order valence-corrected chi connectivity index (χ1v) is 17.5. The van der Waals surface area contributed by atoms with Crippen molar-refractivity contribution in [3.63, 3.8) is 0 Å². The predicted octanol–water partition coefficient (Wildman–Crippen LogP) is 6.85. The summed E-state index contributed by atoms with van der Waals surface area (Å²) in [5.41, 5.74) is 6.08. The van der Waals surface area contributed by atoms with Gasteiger partial charge < -0.3 is 15.0 Å². The summed E-state index contributed by atoms with van der Waals surface area (Å²) in [7, 11) is 0. The molecular formula is C39H38BrN5O4. The number of aryl methyl sites for hydroxylation is 2. The van der Waals surface area contributed by atoms with E-state index in [4.69, 9.17) is 9.72 Å². The van der Waals surface area contributed by atoms with Crippen LogP contribution in [0.4, 0.5) is 0 Å². The number of fused-ring (bicyclic) bond motifs is 1. The Balaban J connectivity index is 1.25. The van der Waals surface area contributed by atoms with E-state index in [1.807, 2.05) is 80.6 Å². The van der Waals surface area contributed by atoms with Gasteiger partial charge in [-0.15, -0.1) is 0 Å². The van der Waals surface area contributed by atoms with Crippen LogP contribution < -0.4 is 15.7 Å². The molecule has 49 heavy (non-hydrogen) atoms. The fourth-order valence-electron chi connectivity index (χ4n) is 6.37. The first-order valence-electron chi connectivity index (χ1n) is 16.7. The molecule has 0 saturated heterocycles. The molecule has 0 spiro atoms. The van der Waals surface area contributed by atoms with Crippen molar-refractivity contribution in [1.82, 2.24) is 24.3 Å². The number of carbonyl (C=O) groups excluding carboxylic acids is 2. The second-order valence-electron chi connectivity index (χ2n) is 12.8. The highest BCUT2D eigenvalue weighted by molar-refractivity contribution is 9.10. The summed E-state index contributed by atoms with van der Waals surface area (Å²) in [4.78, 5) is 48.9. The van der Waals surface area contributed by atoms with E-state index in [1.165, 1.54) is 4.57 Å². The first kappa shape index (κ1) is 32.6. The number of rotatable bonds is 9. The largest absolute Gasteiger partial charge is 0.490 e. The van der Waals surface area contributed by atoms with Gasteiger partial charge in [0, 0.05) is 40.4 Å². The molecule has 2 amide bonds. The molecule has 3 heterocycles. The lowest BCUT2D eigenvalue weighted by molar-refractivity contribution is 0.0610. The number of imidazole rings is 1. The summed E-state index contributed by atoms with van der Waals surface area (Å²) < 4.78 is 9.97. The number of amides is 2. The van der Waals surface area contributed by atoms with Crippen molar-refractivity contribution < 1.29 is 14.3 Å². The number of aromatic nitrogens is 3.